The lowest BCUT2D eigenvalue weighted by Crippen LogP contribution is -2.31. The molecule has 5 heteroatoms. The van der Waals surface area contributed by atoms with Crippen LogP contribution in [0.2, 0.25) is 0 Å². The molecule has 1 N–H and O–H groups in total. The number of hydrogen-bond donors (Lipinski definition) is 1. The fourth-order valence-corrected chi connectivity index (χ4v) is 4.12. The van der Waals surface area contributed by atoms with Gasteiger partial charge in [0.15, 0.2) is 0 Å². The minimum absolute atomic E-state index is 0.0485. The zero-order chi connectivity index (χ0) is 19.3. The molecule has 0 aliphatic carbocycles. The molecule has 0 saturated carbocycles. The molecule has 0 fully saturated rings. The fraction of sp³-hybridized carbons (Fsp3) is 0.130. The SMILES string of the molecule is O=C(C[C@H]1Sc2ccccc2NC1=O)OCc1ccc(-c2ccccc2)cc1. The van der Waals surface area contributed by atoms with E-state index >= 15 is 0 Å². The first kappa shape index (κ1) is 18.3. The van der Waals surface area contributed by atoms with Gasteiger partial charge in [-0.1, -0.05) is 66.7 Å². The lowest BCUT2D eigenvalue weighted by atomic mass is 10.0. The third kappa shape index (κ3) is 4.26. The van der Waals surface area contributed by atoms with Crippen LogP contribution in [0.5, 0.6) is 0 Å². The summed E-state index contributed by atoms with van der Waals surface area (Å²) in [5, 5.41) is 2.37. The van der Waals surface area contributed by atoms with E-state index in [1.807, 2.05) is 66.7 Å². The molecule has 3 aromatic carbocycles. The lowest BCUT2D eigenvalue weighted by Gasteiger charge is -2.23. The van der Waals surface area contributed by atoms with E-state index in [2.05, 4.69) is 17.4 Å². The Hall–Kier alpha value is -3.05. The van der Waals surface area contributed by atoms with Gasteiger partial charge in [0.1, 0.15) is 6.61 Å². The van der Waals surface area contributed by atoms with Crippen molar-refractivity contribution in [2.24, 2.45) is 0 Å². The molecule has 0 bridgehead atoms. The van der Waals surface area contributed by atoms with E-state index in [-0.39, 0.29) is 24.9 Å². The minimum Gasteiger partial charge on any atom is -0.461 e. The summed E-state index contributed by atoms with van der Waals surface area (Å²) in [5.41, 5.74) is 3.97. The van der Waals surface area contributed by atoms with Crippen molar-refractivity contribution in [2.75, 3.05) is 5.32 Å². The van der Waals surface area contributed by atoms with Crippen molar-refractivity contribution in [3.8, 4) is 11.1 Å². The molecule has 1 aliphatic rings. The van der Waals surface area contributed by atoms with Crippen LogP contribution in [0, 0.1) is 0 Å². The second-order valence-corrected chi connectivity index (χ2v) is 7.76. The van der Waals surface area contributed by atoms with Gasteiger partial charge in [-0.3, -0.25) is 9.59 Å². The minimum atomic E-state index is -0.470. The molecule has 0 radical (unpaired) electrons. The van der Waals surface area contributed by atoms with Crippen molar-refractivity contribution in [1.82, 2.24) is 0 Å². The number of anilines is 1. The smallest absolute Gasteiger partial charge is 0.307 e. The number of fused-ring (bicyclic) bond motifs is 1. The summed E-state index contributed by atoms with van der Waals surface area (Å²) in [6.45, 7) is 0.198. The molecule has 4 nitrogen and oxygen atoms in total. The summed E-state index contributed by atoms with van der Waals surface area (Å²) in [6.07, 6.45) is 0.0485. The number of ether oxygens (including phenoxy) is 1. The predicted molar refractivity (Wildman–Crippen MR) is 111 cm³/mol. The van der Waals surface area contributed by atoms with Crippen LogP contribution in [-0.2, 0) is 20.9 Å². The molecule has 28 heavy (non-hydrogen) atoms. The van der Waals surface area contributed by atoms with Crippen molar-refractivity contribution in [2.45, 2.75) is 23.2 Å². The van der Waals surface area contributed by atoms with E-state index in [0.29, 0.717) is 0 Å². The Morgan fingerprint density at radius 3 is 2.36 bits per heavy atom. The Bertz CT molecular complexity index is 986. The summed E-state index contributed by atoms with van der Waals surface area (Å²) in [4.78, 5) is 25.4. The van der Waals surface area contributed by atoms with Gasteiger partial charge in [-0.2, -0.15) is 0 Å². The molecule has 1 aliphatic heterocycles. The second-order valence-electron chi connectivity index (χ2n) is 6.52. The van der Waals surface area contributed by atoms with Crippen LogP contribution in [-0.4, -0.2) is 17.1 Å². The molecule has 1 heterocycles. The van der Waals surface area contributed by atoms with Crippen LogP contribution in [0.3, 0.4) is 0 Å². The van der Waals surface area contributed by atoms with Gasteiger partial charge in [-0.15, -0.1) is 11.8 Å². The van der Waals surface area contributed by atoms with Crippen molar-refractivity contribution in [3.05, 3.63) is 84.4 Å². The number of esters is 1. The highest BCUT2D eigenvalue weighted by Gasteiger charge is 2.29. The zero-order valence-electron chi connectivity index (χ0n) is 15.1. The number of rotatable bonds is 5. The van der Waals surface area contributed by atoms with E-state index in [1.54, 1.807) is 0 Å². The van der Waals surface area contributed by atoms with Crippen molar-refractivity contribution >= 4 is 29.3 Å². The van der Waals surface area contributed by atoms with E-state index in [0.717, 1.165) is 27.3 Å². The van der Waals surface area contributed by atoms with Crippen molar-refractivity contribution in [3.63, 3.8) is 0 Å². The number of nitrogens with one attached hydrogen (secondary N) is 1. The maximum Gasteiger partial charge on any atom is 0.307 e. The average Bonchev–Trinajstić information content (AvgIpc) is 2.74. The van der Waals surface area contributed by atoms with Crippen LogP contribution >= 0.6 is 11.8 Å². The van der Waals surface area contributed by atoms with Gasteiger partial charge in [0, 0.05) is 4.90 Å². The van der Waals surface area contributed by atoms with E-state index in [9.17, 15) is 9.59 Å². The first-order chi connectivity index (χ1) is 13.7. The number of para-hydroxylation sites is 1. The van der Waals surface area contributed by atoms with Gasteiger partial charge >= 0.3 is 5.97 Å². The van der Waals surface area contributed by atoms with E-state index < -0.39 is 5.25 Å². The number of carbonyl (C=O) groups is 2. The highest BCUT2D eigenvalue weighted by atomic mass is 32.2. The van der Waals surface area contributed by atoms with Crippen LogP contribution in [0.25, 0.3) is 11.1 Å². The van der Waals surface area contributed by atoms with Gasteiger partial charge in [0.05, 0.1) is 17.4 Å². The highest BCUT2D eigenvalue weighted by Crippen LogP contribution is 2.36. The molecule has 1 atom stereocenters. The van der Waals surface area contributed by atoms with E-state index in [1.165, 1.54) is 11.8 Å². The zero-order valence-corrected chi connectivity index (χ0v) is 15.9. The fourth-order valence-electron chi connectivity index (χ4n) is 3.03. The van der Waals surface area contributed by atoms with Crippen LogP contribution in [0.4, 0.5) is 5.69 Å². The summed E-state index contributed by atoms with van der Waals surface area (Å²) < 4.78 is 5.38. The number of amides is 1. The Balaban J connectivity index is 1.32. The molecule has 140 valence electrons. The Morgan fingerprint density at radius 2 is 1.57 bits per heavy atom. The maximum absolute atomic E-state index is 12.2. The van der Waals surface area contributed by atoms with Crippen molar-refractivity contribution < 1.29 is 14.3 Å². The summed E-state index contributed by atoms with van der Waals surface area (Å²) in [7, 11) is 0. The predicted octanol–water partition coefficient (Wildman–Crippen LogP) is 4.90. The third-order valence-electron chi connectivity index (χ3n) is 4.52. The molecule has 0 spiro atoms. The molecule has 0 unspecified atom stereocenters. The normalized spacial score (nSPS) is 15.4. The van der Waals surface area contributed by atoms with Gasteiger partial charge in [0.2, 0.25) is 5.91 Å². The molecule has 3 aromatic rings. The van der Waals surface area contributed by atoms with Crippen molar-refractivity contribution in [1.29, 1.82) is 0 Å². The van der Waals surface area contributed by atoms with Gasteiger partial charge in [-0.25, -0.2) is 0 Å². The highest BCUT2D eigenvalue weighted by molar-refractivity contribution is 8.01. The Labute approximate surface area is 167 Å². The van der Waals surface area contributed by atoms with Gasteiger partial charge < -0.3 is 10.1 Å². The molecule has 1 amide bonds. The van der Waals surface area contributed by atoms with Gasteiger partial charge in [0.25, 0.3) is 0 Å². The standard InChI is InChI=1S/C23H19NO3S/c25-22(14-21-23(26)24-19-8-4-5-9-20(19)28-21)27-15-16-10-12-18(13-11-16)17-6-2-1-3-7-17/h1-13,21H,14-15H2,(H,24,26)/t21-/m1/s1. The average molecular weight is 389 g/mol. The number of hydrogen-bond acceptors (Lipinski definition) is 4. The Kier molecular flexibility index (Phi) is 5.44. The van der Waals surface area contributed by atoms with E-state index in [4.69, 9.17) is 4.74 Å². The van der Waals surface area contributed by atoms with Crippen LogP contribution < -0.4 is 5.32 Å². The second kappa shape index (κ2) is 8.31. The Morgan fingerprint density at radius 1 is 0.893 bits per heavy atom. The molecular formula is C23H19NO3S. The third-order valence-corrected chi connectivity index (χ3v) is 5.79. The summed E-state index contributed by atoms with van der Waals surface area (Å²) in [5.74, 6) is -0.535. The molecule has 0 saturated heterocycles. The summed E-state index contributed by atoms with van der Waals surface area (Å²) >= 11 is 1.40. The number of benzene rings is 3. The van der Waals surface area contributed by atoms with Crippen LogP contribution in [0.1, 0.15) is 12.0 Å². The topological polar surface area (TPSA) is 55.4 Å². The van der Waals surface area contributed by atoms with Crippen LogP contribution in [0.15, 0.2) is 83.8 Å². The first-order valence-corrected chi connectivity index (χ1v) is 9.93. The monoisotopic (exact) mass is 389 g/mol. The number of thioether (sulfide) groups is 1. The maximum atomic E-state index is 12.2. The molecule has 0 aromatic heterocycles. The summed E-state index contributed by atoms with van der Waals surface area (Å²) in [6, 6.07) is 25.6. The van der Waals surface area contributed by atoms with Gasteiger partial charge in [-0.05, 0) is 28.8 Å². The largest absolute Gasteiger partial charge is 0.461 e. The number of carbonyl (C=O) groups excluding carboxylic acids is 2. The quantitative estimate of drug-likeness (QED) is 0.631. The lowest BCUT2D eigenvalue weighted by molar-refractivity contribution is -0.145. The molecular weight excluding hydrogens is 370 g/mol. The first-order valence-electron chi connectivity index (χ1n) is 9.05. The molecule has 4 rings (SSSR count).